The first kappa shape index (κ1) is 23.8. The number of para-hydroxylation sites is 1. The van der Waals surface area contributed by atoms with Crippen molar-refractivity contribution in [2.75, 3.05) is 23.8 Å². The number of amides is 3. The second kappa shape index (κ2) is 10.7. The van der Waals surface area contributed by atoms with Gasteiger partial charge in [-0.3, -0.25) is 4.79 Å². The highest BCUT2D eigenvalue weighted by atomic mass is 35.5. The zero-order chi connectivity index (χ0) is 24.0. The summed E-state index contributed by atoms with van der Waals surface area (Å²) in [7, 11) is 0. The molecule has 1 unspecified atom stereocenters. The van der Waals surface area contributed by atoms with Crippen LogP contribution in [0.4, 0.5) is 16.2 Å². The zero-order valence-corrected chi connectivity index (χ0v) is 19.8. The Morgan fingerprint density at radius 2 is 1.44 bits per heavy atom. The van der Waals surface area contributed by atoms with Gasteiger partial charge in [0.05, 0.1) is 11.5 Å². The van der Waals surface area contributed by atoms with Crippen LogP contribution in [0, 0.1) is 0 Å². The van der Waals surface area contributed by atoms with E-state index in [-0.39, 0.29) is 18.0 Å². The average molecular weight is 478 g/mol. The van der Waals surface area contributed by atoms with Gasteiger partial charge >= 0.3 is 6.03 Å². The predicted molar refractivity (Wildman–Crippen MR) is 135 cm³/mol. The molecule has 1 heterocycles. The fourth-order valence-electron chi connectivity index (χ4n) is 4.22. The van der Waals surface area contributed by atoms with Gasteiger partial charge in [-0.2, -0.15) is 0 Å². The Labute approximate surface area is 204 Å². The predicted octanol–water partition coefficient (Wildman–Crippen LogP) is 5.91. The van der Waals surface area contributed by atoms with Gasteiger partial charge in [0.1, 0.15) is 0 Å². The Balaban J connectivity index is 1.41. The lowest BCUT2D eigenvalue weighted by Crippen LogP contribution is -2.48. The van der Waals surface area contributed by atoms with Crippen LogP contribution in [0.1, 0.15) is 36.9 Å². The zero-order valence-electron chi connectivity index (χ0n) is 19.0. The van der Waals surface area contributed by atoms with E-state index in [0.717, 1.165) is 16.8 Å². The minimum Gasteiger partial charge on any atom is -0.381 e. The second-order valence-corrected chi connectivity index (χ2v) is 8.90. The minimum absolute atomic E-state index is 0.0185. The average Bonchev–Trinajstić information content (AvgIpc) is 2.86. The SMILES string of the molecule is CC(NC(=O)C1(c2ccc(Cl)cc2)CCOCC1)c1ccc(NC(=O)Nc2ccccc2)cc1. The van der Waals surface area contributed by atoms with Crippen LogP contribution in [0.2, 0.25) is 5.02 Å². The lowest BCUT2D eigenvalue weighted by Gasteiger charge is -2.37. The number of anilines is 2. The molecule has 1 atom stereocenters. The smallest absolute Gasteiger partial charge is 0.323 e. The van der Waals surface area contributed by atoms with Crippen molar-refractivity contribution in [2.24, 2.45) is 0 Å². The molecule has 3 N–H and O–H groups in total. The number of rotatable bonds is 6. The van der Waals surface area contributed by atoms with Crippen molar-refractivity contribution in [1.29, 1.82) is 0 Å². The lowest BCUT2D eigenvalue weighted by atomic mass is 9.73. The molecule has 0 aliphatic carbocycles. The largest absolute Gasteiger partial charge is 0.381 e. The summed E-state index contributed by atoms with van der Waals surface area (Å²) in [5.41, 5.74) is 2.64. The highest BCUT2D eigenvalue weighted by Gasteiger charge is 2.42. The van der Waals surface area contributed by atoms with Crippen LogP contribution >= 0.6 is 11.6 Å². The maximum Gasteiger partial charge on any atom is 0.323 e. The molecule has 0 aromatic heterocycles. The van der Waals surface area contributed by atoms with E-state index in [1.807, 2.05) is 85.8 Å². The van der Waals surface area contributed by atoms with Gasteiger partial charge in [0.2, 0.25) is 5.91 Å². The molecule has 1 fully saturated rings. The van der Waals surface area contributed by atoms with Crippen LogP contribution < -0.4 is 16.0 Å². The molecule has 176 valence electrons. The molecule has 6 nitrogen and oxygen atoms in total. The molecule has 1 aliphatic heterocycles. The molecule has 3 amide bonds. The Bertz CT molecular complexity index is 1110. The quantitative estimate of drug-likeness (QED) is 0.413. The van der Waals surface area contributed by atoms with Gasteiger partial charge in [0.25, 0.3) is 0 Å². The van der Waals surface area contributed by atoms with E-state index in [4.69, 9.17) is 16.3 Å². The summed E-state index contributed by atoms with van der Waals surface area (Å²) in [6, 6.07) is 23.7. The highest BCUT2D eigenvalue weighted by molar-refractivity contribution is 6.30. The third-order valence-electron chi connectivity index (χ3n) is 6.23. The third kappa shape index (κ3) is 5.58. The van der Waals surface area contributed by atoms with Crippen molar-refractivity contribution >= 4 is 34.9 Å². The van der Waals surface area contributed by atoms with Crippen molar-refractivity contribution in [3.05, 3.63) is 95.0 Å². The van der Waals surface area contributed by atoms with E-state index in [0.29, 0.717) is 36.8 Å². The Hall–Kier alpha value is -3.35. The van der Waals surface area contributed by atoms with Gasteiger partial charge in [0.15, 0.2) is 0 Å². The molecule has 3 aromatic rings. The molecule has 7 heteroatoms. The molecule has 0 radical (unpaired) electrons. The maximum atomic E-state index is 13.5. The Morgan fingerprint density at radius 3 is 2.06 bits per heavy atom. The van der Waals surface area contributed by atoms with Crippen LogP contribution in [0.5, 0.6) is 0 Å². The first-order valence-corrected chi connectivity index (χ1v) is 11.7. The summed E-state index contributed by atoms with van der Waals surface area (Å²) in [4.78, 5) is 25.7. The molecule has 0 spiro atoms. The number of halogens is 1. The number of hydrogen-bond donors (Lipinski definition) is 3. The van der Waals surface area contributed by atoms with Gasteiger partial charge in [-0.15, -0.1) is 0 Å². The van der Waals surface area contributed by atoms with E-state index in [9.17, 15) is 9.59 Å². The number of nitrogens with one attached hydrogen (secondary N) is 3. The van der Waals surface area contributed by atoms with E-state index in [2.05, 4.69) is 16.0 Å². The summed E-state index contributed by atoms with van der Waals surface area (Å²) in [5.74, 6) is -0.0185. The van der Waals surface area contributed by atoms with E-state index >= 15 is 0 Å². The van der Waals surface area contributed by atoms with Crippen LogP contribution in [0.25, 0.3) is 0 Å². The standard InChI is InChI=1S/C27H28ClN3O3/c1-19(20-7-13-24(14-8-20)31-26(33)30-23-5-3-2-4-6-23)29-25(32)27(15-17-34-18-16-27)21-9-11-22(28)12-10-21/h2-14,19H,15-18H2,1H3,(H,29,32)(H2,30,31,33). The van der Waals surface area contributed by atoms with Crippen LogP contribution in [-0.4, -0.2) is 25.2 Å². The maximum absolute atomic E-state index is 13.5. The fourth-order valence-corrected chi connectivity index (χ4v) is 4.35. The van der Waals surface area contributed by atoms with Crippen LogP contribution in [0.3, 0.4) is 0 Å². The number of urea groups is 1. The first-order chi connectivity index (χ1) is 16.5. The van der Waals surface area contributed by atoms with Crippen molar-refractivity contribution in [3.8, 4) is 0 Å². The van der Waals surface area contributed by atoms with Gasteiger partial charge < -0.3 is 20.7 Å². The monoisotopic (exact) mass is 477 g/mol. The molecule has 1 saturated heterocycles. The number of carbonyl (C=O) groups is 2. The Kier molecular flexibility index (Phi) is 7.50. The van der Waals surface area contributed by atoms with E-state index in [1.165, 1.54) is 0 Å². The summed E-state index contributed by atoms with van der Waals surface area (Å²) in [6.45, 7) is 3.03. The topological polar surface area (TPSA) is 79.5 Å². The normalized spacial score (nSPS) is 15.7. The molecule has 34 heavy (non-hydrogen) atoms. The van der Waals surface area contributed by atoms with Gasteiger partial charge in [-0.1, -0.05) is 54.1 Å². The highest BCUT2D eigenvalue weighted by Crippen LogP contribution is 2.36. The van der Waals surface area contributed by atoms with E-state index < -0.39 is 5.41 Å². The molecular formula is C27H28ClN3O3. The van der Waals surface area contributed by atoms with Crippen LogP contribution in [-0.2, 0) is 14.9 Å². The Morgan fingerprint density at radius 1 is 0.853 bits per heavy atom. The van der Waals surface area contributed by atoms with Crippen molar-refractivity contribution in [1.82, 2.24) is 5.32 Å². The summed E-state index contributed by atoms with van der Waals surface area (Å²) >= 11 is 6.07. The van der Waals surface area contributed by atoms with E-state index in [1.54, 1.807) is 0 Å². The van der Waals surface area contributed by atoms with Crippen LogP contribution in [0.15, 0.2) is 78.9 Å². The van der Waals surface area contributed by atoms with Gasteiger partial charge in [0, 0.05) is 29.6 Å². The number of benzene rings is 3. The molecule has 1 aliphatic rings. The number of carbonyl (C=O) groups excluding carboxylic acids is 2. The molecule has 0 saturated carbocycles. The first-order valence-electron chi connectivity index (χ1n) is 11.3. The molecule has 0 bridgehead atoms. The third-order valence-corrected chi connectivity index (χ3v) is 6.48. The fraction of sp³-hybridized carbons (Fsp3) is 0.259. The van der Waals surface area contributed by atoms with Crippen molar-refractivity contribution < 1.29 is 14.3 Å². The summed E-state index contributed by atoms with van der Waals surface area (Å²) in [5, 5.41) is 9.44. The minimum atomic E-state index is -0.645. The van der Waals surface area contributed by atoms with Crippen molar-refractivity contribution in [2.45, 2.75) is 31.2 Å². The lowest BCUT2D eigenvalue weighted by molar-refractivity contribution is -0.131. The summed E-state index contributed by atoms with van der Waals surface area (Å²) < 4.78 is 5.55. The molecular weight excluding hydrogens is 450 g/mol. The van der Waals surface area contributed by atoms with Gasteiger partial charge in [-0.25, -0.2) is 4.79 Å². The second-order valence-electron chi connectivity index (χ2n) is 8.46. The summed E-state index contributed by atoms with van der Waals surface area (Å²) in [6.07, 6.45) is 1.24. The molecule has 3 aromatic carbocycles. The van der Waals surface area contributed by atoms with Crippen molar-refractivity contribution in [3.63, 3.8) is 0 Å². The number of ether oxygens (including phenoxy) is 1. The molecule has 4 rings (SSSR count). The van der Waals surface area contributed by atoms with Gasteiger partial charge in [-0.05, 0) is 67.3 Å². The number of hydrogen-bond acceptors (Lipinski definition) is 3.